The van der Waals surface area contributed by atoms with E-state index in [1.807, 2.05) is 0 Å². The van der Waals surface area contributed by atoms with Gasteiger partial charge in [-0.15, -0.1) is 11.3 Å². The topological polar surface area (TPSA) is 195 Å². The van der Waals surface area contributed by atoms with E-state index in [0.717, 1.165) is 16.4 Å². The van der Waals surface area contributed by atoms with Crippen LogP contribution in [0.3, 0.4) is 0 Å². The number of ether oxygens (including phenoxy) is 3. The number of thioether (sulfide) groups is 1. The minimum atomic E-state index is -1.70. The highest BCUT2D eigenvalue weighted by atomic mass is 32.2. The van der Waals surface area contributed by atoms with Crippen molar-refractivity contribution in [2.75, 3.05) is 25.2 Å². The highest BCUT2D eigenvalue weighted by Crippen LogP contribution is 2.39. The third-order valence-corrected chi connectivity index (χ3v) is 9.69. The Bertz CT molecular complexity index is 1360. The van der Waals surface area contributed by atoms with Crippen molar-refractivity contribution in [2.45, 2.75) is 42.8 Å². The minimum Gasteiger partial charge on any atom is -0.614 e. The Morgan fingerprint density at radius 1 is 1.37 bits per heavy atom. The Kier molecular flexibility index (Phi) is 10.2. The van der Waals surface area contributed by atoms with E-state index in [-0.39, 0.29) is 35.2 Å². The fraction of sp³-hybridized carbons (Fsp3) is 0.455. The van der Waals surface area contributed by atoms with E-state index in [0.29, 0.717) is 15.7 Å². The standard InChI is InChI=1S/C22H24N6O9S4/c1-5-35-22(32)37-11(3)36-20(31)16-12(6-39-21-24-10(2)27-40-21)8-41(33)19-15(18(30)28(16)19)25-17(29)14(26-34-4)13-7-38-9-23-13/h7,9,11,15,19H,5-6,8H2,1-4H3,(H,25,29)/b26-14-/t11?,15?,19-,41?/m0/s1. The molecule has 0 spiro atoms. The van der Waals surface area contributed by atoms with Crippen LogP contribution in [0.2, 0.25) is 0 Å². The first-order valence-corrected chi connectivity index (χ1v) is 15.9. The second kappa shape index (κ2) is 13.6. The van der Waals surface area contributed by atoms with Gasteiger partial charge < -0.3 is 28.9 Å². The molecule has 2 aliphatic rings. The van der Waals surface area contributed by atoms with Crippen molar-refractivity contribution < 1.29 is 42.8 Å². The predicted molar refractivity (Wildman–Crippen MR) is 147 cm³/mol. The first-order valence-electron chi connectivity index (χ1n) is 11.8. The molecule has 4 atom stereocenters. The summed E-state index contributed by atoms with van der Waals surface area (Å²) in [5.74, 6) is -1.80. The lowest BCUT2D eigenvalue weighted by atomic mass is 10.0. The van der Waals surface area contributed by atoms with E-state index in [9.17, 15) is 23.7 Å². The summed E-state index contributed by atoms with van der Waals surface area (Å²) in [6.07, 6.45) is -2.39. The van der Waals surface area contributed by atoms with Gasteiger partial charge in [-0.3, -0.25) is 14.5 Å². The number of hydrogen-bond acceptors (Lipinski definition) is 16. The molecule has 0 saturated carbocycles. The van der Waals surface area contributed by atoms with Gasteiger partial charge in [0.2, 0.25) is 11.7 Å². The van der Waals surface area contributed by atoms with Gasteiger partial charge in [-0.05, 0) is 36.6 Å². The van der Waals surface area contributed by atoms with Gasteiger partial charge in [0.05, 0.1) is 12.1 Å². The van der Waals surface area contributed by atoms with Crippen molar-refractivity contribution in [1.29, 1.82) is 0 Å². The summed E-state index contributed by atoms with van der Waals surface area (Å²) in [4.78, 5) is 65.4. The van der Waals surface area contributed by atoms with Crippen LogP contribution in [-0.2, 0) is 44.6 Å². The van der Waals surface area contributed by atoms with Crippen LogP contribution in [0.25, 0.3) is 0 Å². The van der Waals surface area contributed by atoms with Gasteiger partial charge in [-0.25, -0.2) is 19.6 Å². The molecule has 0 radical (unpaired) electrons. The maximum Gasteiger partial charge on any atom is 0.511 e. The summed E-state index contributed by atoms with van der Waals surface area (Å²) in [7, 11) is 1.25. The fourth-order valence-electron chi connectivity index (χ4n) is 3.79. The number of carbonyl (C=O) groups excluding carboxylic acids is 4. The largest absolute Gasteiger partial charge is 0.614 e. The first kappa shape index (κ1) is 30.7. The maximum absolute atomic E-state index is 13.3. The number of thiazole rings is 1. The quantitative estimate of drug-likeness (QED) is 0.0697. The molecule has 220 valence electrons. The van der Waals surface area contributed by atoms with Crippen LogP contribution in [0.15, 0.2) is 31.7 Å². The Morgan fingerprint density at radius 2 is 2.15 bits per heavy atom. The second-order valence-corrected chi connectivity index (χ2v) is 12.4. The lowest BCUT2D eigenvalue weighted by Gasteiger charge is -2.49. The zero-order valence-corrected chi connectivity index (χ0v) is 25.3. The van der Waals surface area contributed by atoms with E-state index in [1.54, 1.807) is 19.2 Å². The number of rotatable bonds is 11. The molecule has 1 fully saturated rings. The number of aromatic nitrogens is 3. The van der Waals surface area contributed by atoms with Crippen LogP contribution in [0, 0.1) is 6.92 Å². The zero-order chi connectivity index (χ0) is 29.7. The molecule has 0 aromatic carbocycles. The minimum absolute atomic E-state index is 0.0548. The molecular weight excluding hydrogens is 621 g/mol. The van der Waals surface area contributed by atoms with Crippen molar-refractivity contribution in [3.63, 3.8) is 0 Å². The molecule has 15 nitrogen and oxygen atoms in total. The predicted octanol–water partition coefficient (Wildman–Crippen LogP) is 1.18. The van der Waals surface area contributed by atoms with Crippen molar-refractivity contribution in [2.24, 2.45) is 5.16 Å². The average Bonchev–Trinajstić information content (AvgIpc) is 3.60. The SMILES string of the molecule is CCOC(=O)OC(C)OC(=O)C1=C(CSc2nc(C)ns2)C[S+]([O-])[C@H]2C(NC(=O)/C(=N\OC)c3cscn3)C(=O)N12. The molecule has 4 heterocycles. The summed E-state index contributed by atoms with van der Waals surface area (Å²) in [6, 6.07) is -1.22. The van der Waals surface area contributed by atoms with Crippen LogP contribution in [0.1, 0.15) is 25.4 Å². The van der Waals surface area contributed by atoms with Gasteiger partial charge in [-0.1, -0.05) is 16.9 Å². The van der Waals surface area contributed by atoms with E-state index in [1.165, 1.54) is 42.6 Å². The van der Waals surface area contributed by atoms with E-state index in [2.05, 4.69) is 24.8 Å². The number of nitrogens with zero attached hydrogens (tertiary/aromatic N) is 5. The maximum atomic E-state index is 13.3. The Morgan fingerprint density at radius 3 is 2.78 bits per heavy atom. The highest BCUT2D eigenvalue weighted by Gasteiger charge is 2.61. The Hall–Kier alpha value is -3.26. The summed E-state index contributed by atoms with van der Waals surface area (Å²) in [5, 5.41) is 6.75. The van der Waals surface area contributed by atoms with E-state index >= 15 is 0 Å². The number of nitrogens with one attached hydrogen (secondary N) is 1. The monoisotopic (exact) mass is 644 g/mol. The Balaban J connectivity index is 1.57. The lowest BCUT2D eigenvalue weighted by Crippen LogP contribution is -2.75. The van der Waals surface area contributed by atoms with Crippen molar-refractivity contribution in [3.8, 4) is 0 Å². The summed E-state index contributed by atoms with van der Waals surface area (Å²) in [5.41, 5.74) is 1.76. The molecule has 19 heteroatoms. The highest BCUT2D eigenvalue weighted by molar-refractivity contribution is 8.01. The number of esters is 1. The van der Waals surface area contributed by atoms with Gasteiger partial charge in [0, 0.05) is 23.6 Å². The molecule has 0 bridgehead atoms. The number of carbonyl (C=O) groups is 4. The third kappa shape index (κ3) is 6.97. The molecule has 3 unspecified atom stereocenters. The van der Waals surface area contributed by atoms with Gasteiger partial charge in [0.1, 0.15) is 30.1 Å². The molecule has 2 amide bonds. The molecule has 2 aliphatic heterocycles. The summed E-state index contributed by atoms with van der Waals surface area (Å²) in [6.45, 7) is 4.68. The average molecular weight is 645 g/mol. The second-order valence-electron chi connectivity index (χ2n) is 8.19. The smallest absolute Gasteiger partial charge is 0.511 e. The van der Waals surface area contributed by atoms with Crippen molar-refractivity contribution >= 4 is 75.5 Å². The molecule has 4 rings (SSSR count). The van der Waals surface area contributed by atoms with E-state index < -0.39 is 52.8 Å². The number of aryl methyl sites for hydroxylation is 1. The van der Waals surface area contributed by atoms with Gasteiger partial charge in [0.15, 0.2) is 16.1 Å². The van der Waals surface area contributed by atoms with Crippen LogP contribution in [0.4, 0.5) is 4.79 Å². The fourth-order valence-corrected chi connectivity index (χ4v) is 7.80. The Labute approximate surface area is 249 Å². The lowest BCUT2D eigenvalue weighted by molar-refractivity contribution is -0.169. The number of fused-ring (bicyclic) bond motifs is 1. The van der Waals surface area contributed by atoms with Crippen molar-refractivity contribution in [1.82, 2.24) is 24.6 Å². The van der Waals surface area contributed by atoms with Crippen LogP contribution in [-0.4, -0.2) is 96.4 Å². The normalized spacial score (nSPS) is 21.0. The molecule has 1 saturated heterocycles. The molecule has 41 heavy (non-hydrogen) atoms. The molecule has 0 aliphatic carbocycles. The molecule has 1 N–H and O–H groups in total. The van der Waals surface area contributed by atoms with E-state index in [4.69, 9.17) is 19.0 Å². The van der Waals surface area contributed by atoms with Crippen molar-refractivity contribution in [3.05, 3.63) is 33.7 Å². The van der Waals surface area contributed by atoms with Gasteiger partial charge in [-0.2, -0.15) is 4.37 Å². The zero-order valence-electron chi connectivity index (χ0n) is 22.1. The summed E-state index contributed by atoms with van der Waals surface area (Å²) < 4.78 is 33.0. The first-order chi connectivity index (χ1) is 19.6. The number of β-lactam (4-membered cyclic amide) rings is 1. The molecule has 2 aromatic rings. The molecule has 2 aromatic heterocycles. The molecular formula is C22H24N6O9S4. The van der Waals surface area contributed by atoms with Crippen LogP contribution in [0.5, 0.6) is 0 Å². The number of oxime groups is 1. The van der Waals surface area contributed by atoms with Crippen LogP contribution >= 0.6 is 34.6 Å². The summed E-state index contributed by atoms with van der Waals surface area (Å²) >= 11 is 1.94. The number of hydrogen-bond donors (Lipinski definition) is 1. The third-order valence-electron chi connectivity index (χ3n) is 5.43. The van der Waals surface area contributed by atoms with Gasteiger partial charge >= 0.3 is 12.1 Å². The van der Waals surface area contributed by atoms with Crippen LogP contribution < -0.4 is 5.32 Å². The number of amides is 2. The van der Waals surface area contributed by atoms with Gasteiger partial charge in [0.25, 0.3) is 11.8 Å².